The number of hydrogen-bond acceptors (Lipinski definition) is 4. The monoisotopic (exact) mass is 343 g/mol. The number of rotatable bonds is 7. The number of ether oxygens (including phenoxy) is 3. The molecule has 1 amide bonds. The van der Waals surface area contributed by atoms with E-state index in [9.17, 15) is 4.79 Å². The van der Waals surface area contributed by atoms with Gasteiger partial charge in [-0.15, -0.1) is 0 Å². The molecule has 0 radical (unpaired) electrons. The molecule has 0 aromatic heterocycles. The van der Waals surface area contributed by atoms with Crippen LogP contribution in [0.25, 0.3) is 0 Å². The summed E-state index contributed by atoms with van der Waals surface area (Å²) >= 11 is 0. The first kappa shape index (κ1) is 18.6. The quantitative estimate of drug-likeness (QED) is 0.828. The Morgan fingerprint density at radius 2 is 1.68 bits per heavy atom. The molecule has 2 rings (SSSR count). The van der Waals surface area contributed by atoms with Gasteiger partial charge in [0.25, 0.3) is 5.91 Å². The summed E-state index contributed by atoms with van der Waals surface area (Å²) in [6.45, 7) is 6.45. The molecule has 0 aliphatic heterocycles. The standard InChI is InChI=1S/C20H25NO4/c1-6-25-16-9-7-15(8-10-16)20(22)21-14(3)17-12-19(24-5)18(23-4)11-13(17)2/h7-12,14H,6H2,1-5H3,(H,21,22). The minimum Gasteiger partial charge on any atom is -0.494 e. The number of benzene rings is 2. The Hall–Kier alpha value is -2.69. The van der Waals surface area contributed by atoms with Crippen molar-refractivity contribution < 1.29 is 19.0 Å². The maximum Gasteiger partial charge on any atom is 0.251 e. The molecule has 0 aliphatic rings. The zero-order chi connectivity index (χ0) is 18.4. The highest BCUT2D eigenvalue weighted by atomic mass is 16.5. The molecule has 1 atom stereocenters. The molecule has 0 saturated carbocycles. The molecular weight excluding hydrogens is 318 g/mol. The van der Waals surface area contributed by atoms with Crippen molar-refractivity contribution in [2.75, 3.05) is 20.8 Å². The van der Waals surface area contributed by atoms with Crippen LogP contribution in [0.15, 0.2) is 36.4 Å². The fourth-order valence-corrected chi connectivity index (χ4v) is 2.69. The van der Waals surface area contributed by atoms with E-state index < -0.39 is 0 Å². The maximum atomic E-state index is 12.5. The molecule has 25 heavy (non-hydrogen) atoms. The largest absolute Gasteiger partial charge is 0.494 e. The smallest absolute Gasteiger partial charge is 0.251 e. The molecule has 0 bridgehead atoms. The molecule has 5 nitrogen and oxygen atoms in total. The highest BCUT2D eigenvalue weighted by Gasteiger charge is 2.16. The van der Waals surface area contributed by atoms with Gasteiger partial charge in [0.1, 0.15) is 5.75 Å². The van der Waals surface area contributed by atoms with Gasteiger partial charge in [-0.25, -0.2) is 0 Å². The second-order valence-corrected chi connectivity index (χ2v) is 5.72. The zero-order valence-corrected chi connectivity index (χ0v) is 15.4. The Morgan fingerprint density at radius 1 is 1.08 bits per heavy atom. The summed E-state index contributed by atoms with van der Waals surface area (Å²) in [4.78, 5) is 12.5. The average molecular weight is 343 g/mol. The molecule has 0 spiro atoms. The summed E-state index contributed by atoms with van der Waals surface area (Å²) < 4.78 is 16.1. The van der Waals surface area contributed by atoms with Crippen LogP contribution < -0.4 is 19.5 Å². The van der Waals surface area contributed by atoms with Gasteiger partial charge in [0.15, 0.2) is 11.5 Å². The lowest BCUT2D eigenvalue weighted by Gasteiger charge is -2.19. The van der Waals surface area contributed by atoms with Gasteiger partial charge in [-0.3, -0.25) is 4.79 Å². The van der Waals surface area contributed by atoms with Crippen molar-refractivity contribution >= 4 is 5.91 Å². The lowest BCUT2D eigenvalue weighted by molar-refractivity contribution is 0.0939. The lowest BCUT2D eigenvalue weighted by atomic mass is 10.0. The second kappa shape index (κ2) is 8.42. The fourth-order valence-electron chi connectivity index (χ4n) is 2.69. The SMILES string of the molecule is CCOc1ccc(C(=O)NC(C)c2cc(OC)c(OC)cc2C)cc1. The summed E-state index contributed by atoms with van der Waals surface area (Å²) in [6, 6.07) is 10.8. The molecule has 2 aromatic carbocycles. The normalized spacial score (nSPS) is 11.6. The summed E-state index contributed by atoms with van der Waals surface area (Å²) in [6.07, 6.45) is 0. The van der Waals surface area contributed by atoms with E-state index in [1.165, 1.54) is 0 Å². The van der Waals surface area contributed by atoms with Gasteiger partial charge in [-0.1, -0.05) is 0 Å². The van der Waals surface area contributed by atoms with Crippen molar-refractivity contribution in [1.29, 1.82) is 0 Å². The van der Waals surface area contributed by atoms with Crippen molar-refractivity contribution in [3.8, 4) is 17.2 Å². The Labute approximate surface area is 148 Å². The van der Waals surface area contributed by atoms with Crippen LogP contribution in [0.4, 0.5) is 0 Å². The van der Waals surface area contributed by atoms with Crippen molar-refractivity contribution in [3.63, 3.8) is 0 Å². The Kier molecular flexibility index (Phi) is 6.28. The summed E-state index contributed by atoms with van der Waals surface area (Å²) in [5.41, 5.74) is 2.60. The number of nitrogens with one attached hydrogen (secondary N) is 1. The van der Waals surface area contributed by atoms with Gasteiger partial charge >= 0.3 is 0 Å². The summed E-state index contributed by atoms with van der Waals surface area (Å²) in [7, 11) is 3.20. The first-order valence-corrected chi connectivity index (χ1v) is 8.26. The predicted molar refractivity (Wildman–Crippen MR) is 97.8 cm³/mol. The Morgan fingerprint density at radius 3 is 2.24 bits per heavy atom. The molecular formula is C20H25NO4. The molecule has 0 fully saturated rings. The Balaban J connectivity index is 2.15. The third-order valence-electron chi connectivity index (χ3n) is 4.01. The van der Waals surface area contributed by atoms with Crippen LogP contribution in [0.5, 0.6) is 17.2 Å². The van der Waals surface area contributed by atoms with Gasteiger partial charge in [0, 0.05) is 5.56 Å². The van der Waals surface area contributed by atoms with Gasteiger partial charge in [0.2, 0.25) is 0 Å². The first-order chi connectivity index (χ1) is 12.0. The van der Waals surface area contributed by atoms with E-state index in [4.69, 9.17) is 14.2 Å². The average Bonchev–Trinajstić information content (AvgIpc) is 2.62. The first-order valence-electron chi connectivity index (χ1n) is 8.26. The van der Waals surface area contributed by atoms with Gasteiger partial charge in [-0.05, 0) is 68.3 Å². The van der Waals surface area contributed by atoms with Crippen molar-refractivity contribution in [2.45, 2.75) is 26.8 Å². The molecule has 1 unspecified atom stereocenters. The fraction of sp³-hybridized carbons (Fsp3) is 0.350. The van der Waals surface area contributed by atoms with Gasteiger partial charge in [0.05, 0.1) is 26.9 Å². The molecule has 5 heteroatoms. The number of aryl methyl sites for hydroxylation is 1. The third-order valence-corrected chi connectivity index (χ3v) is 4.01. The van der Waals surface area contributed by atoms with E-state index in [1.807, 2.05) is 32.9 Å². The van der Waals surface area contributed by atoms with E-state index in [1.54, 1.807) is 38.5 Å². The van der Waals surface area contributed by atoms with Gasteiger partial charge in [-0.2, -0.15) is 0 Å². The van der Waals surface area contributed by atoms with Crippen LogP contribution in [0.2, 0.25) is 0 Å². The van der Waals surface area contributed by atoms with Crippen molar-refractivity contribution in [1.82, 2.24) is 5.32 Å². The topological polar surface area (TPSA) is 56.8 Å². The highest BCUT2D eigenvalue weighted by Crippen LogP contribution is 2.32. The van der Waals surface area contributed by atoms with Crippen molar-refractivity contribution in [2.24, 2.45) is 0 Å². The van der Waals surface area contributed by atoms with Crippen LogP contribution in [-0.4, -0.2) is 26.7 Å². The van der Waals surface area contributed by atoms with E-state index in [2.05, 4.69) is 5.32 Å². The van der Waals surface area contributed by atoms with E-state index in [-0.39, 0.29) is 11.9 Å². The maximum absolute atomic E-state index is 12.5. The number of amides is 1. The summed E-state index contributed by atoms with van der Waals surface area (Å²) in [5.74, 6) is 1.94. The zero-order valence-electron chi connectivity index (χ0n) is 15.4. The molecule has 0 saturated heterocycles. The molecule has 2 aromatic rings. The molecule has 134 valence electrons. The number of hydrogen-bond donors (Lipinski definition) is 1. The minimum absolute atomic E-state index is 0.135. The minimum atomic E-state index is -0.168. The van der Waals surface area contributed by atoms with Crippen LogP contribution in [0.3, 0.4) is 0 Å². The number of carbonyl (C=O) groups excluding carboxylic acids is 1. The van der Waals surface area contributed by atoms with E-state index in [0.717, 1.165) is 16.9 Å². The Bertz CT molecular complexity index is 725. The third kappa shape index (κ3) is 4.44. The number of carbonyl (C=O) groups is 1. The van der Waals surface area contributed by atoms with E-state index in [0.29, 0.717) is 23.7 Å². The molecule has 0 heterocycles. The lowest BCUT2D eigenvalue weighted by Crippen LogP contribution is -2.27. The van der Waals surface area contributed by atoms with Crippen LogP contribution in [-0.2, 0) is 0 Å². The van der Waals surface area contributed by atoms with Crippen LogP contribution >= 0.6 is 0 Å². The van der Waals surface area contributed by atoms with E-state index >= 15 is 0 Å². The predicted octanol–water partition coefficient (Wildman–Crippen LogP) is 3.90. The van der Waals surface area contributed by atoms with Crippen LogP contribution in [0, 0.1) is 6.92 Å². The summed E-state index contributed by atoms with van der Waals surface area (Å²) in [5, 5.41) is 3.02. The van der Waals surface area contributed by atoms with Gasteiger partial charge < -0.3 is 19.5 Å². The molecule has 0 aliphatic carbocycles. The molecule has 1 N–H and O–H groups in total. The highest BCUT2D eigenvalue weighted by molar-refractivity contribution is 5.94. The number of methoxy groups -OCH3 is 2. The second-order valence-electron chi connectivity index (χ2n) is 5.72. The van der Waals surface area contributed by atoms with Crippen LogP contribution in [0.1, 0.15) is 41.4 Å². The van der Waals surface area contributed by atoms with Crippen molar-refractivity contribution in [3.05, 3.63) is 53.1 Å².